The fourth-order valence-electron chi connectivity index (χ4n) is 4.07. The normalized spacial score (nSPS) is 20.8. The van der Waals surface area contributed by atoms with E-state index < -0.39 is 25.1 Å². The van der Waals surface area contributed by atoms with Crippen molar-refractivity contribution in [2.75, 3.05) is 38.0 Å². The van der Waals surface area contributed by atoms with Gasteiger partial charge < -0.3 is 30.6 Å². The Balaban J connectivity index is 1.43. The van der Waals surface area contributed by atoms with Crippen molar-refractivity contribution in [2.45, 2.75) is 25.0 Å². The van der Waals surface area contributed by atoms with Crippen LogP contribution < -0.4 is 21.1 Å². The first kappa shape index (κ1) is 20.2. The van der Waals surface area contributed by atoms with Crippen LogP contribution in [0, 0.1) is 5.92 Å². The summed E-state index contributed by atoms with van der Waals surface area (Å²) in [7, 11) is -1.05. The molecule has 0 radical (unpaired) electrons. The van der Waals surface area contributed by atoms with E-state index in [0.29, 0.717) is 22.6 Å². The van der Waals surface area contributed by atoms with Crippen molar-refractivity contribution in [1.29, 1.82) is 0 Å². The Bertz CT molecular complexity index is 1390. The number of aromatic nitrogens is 4. The van der Waals surface area contributed by atoms with Crippen LogP contribution in [0.3, 0.4) is 0 Å². The topological polar surface area (TPSA) is 156 Å². The Morgan fingerprint density at radius 1 is 1.25 bits per heavy atom. The summed E-state index contributed by atoms with van der Waals surface area (Å²) in [5, 5.41) is 18.1. The van der Waals surface area contributed by atoms with Gasteiger partial charge in [0.15, 0.2) is 11.5 Å². The Morgan fingerprint density at radius 3 is 2.86 bits per heavy atom. The highest BCUT2D eigenvalue weighted by atomic mass is 16.5. The van der Waals surface area contributed by atoms with Crippen LogP contribution in [0.2, 0.25) is 0 Å². The molecule has 12 heteroatoms. The van der Waals surface area contributed by atoms with Crippen molar-refractivity contribution in [3.63, 3.8) is 0 Å². The SMILES string of the molecule is [2H]C([2H])([2H])O[C@H]1COC[C@H]1n1cc(-c2cccc(Nc3cc(NC(=O)C4CC4)nnc3C(N)=O)c2OC)cn1. The number of rotatable bonds is 9. The highest BCUT2D eigenvalue weighted by Crippen LogP contribution is 2.39. The number of anilines is 3. The van der Waals surface area contributed by atoms with Crippen molar-refractivity contribution in [2.24, 2.45) is 11.7 Å². The number of primary amides is 1. The molecule has 2 amide bonds. The molecule has 2 fully saturated rings. The number of nitrogens with zero attached hydrogens (tertiary/aromatic N) is 4. The number of para-hydroxylation sites is 1. The smallest absolute Gasteiger partial charge is 0.271 e. The lowest BCUT2D eigenvalue weighted by Crippen LogP contribution is -2.24. The lowest BCUT2D eigenvalue weighted by molar-refractivity contribution is -0.117. The first-order chi connectivity index (χ1) is 18.6. The van der Waals surface area contributed by atoms with Crippen molar-refractivity contribution in [3.05, 3.63) is 42.4 Å². The molecule has 0 bridgehead atoms. The molecule has 0 spiro atoms. The summed E-state index contributed by atoms with van der Waals surface area (Å²) in [4.78, 5) is 24.2. The molecular weight excluding hydrogens is 466 g/mol. The second kappa shape index (κ2) is 9.91. The van der Waals surface area contributed by atoms with Gasteiger partial charge in [-0.05, 0) is 18.9 Å². The van der Waals surface area contributed by atoms with Crippen molar-refractivity contribution in [3.8, 4) is 16.9 Å². The van der Waals surface area contributed by atoms with E-state index in [1.54, 1.807) is 29.2 Å². The number of nitrogens with two attached hydrogens (primary N) is 1. The van der Waals surface area contributed by atoms with Crippen LogP contribution in [-0.2, 0) is 14.3 Å². The van der Waals surface area contributed by atoms with Crippen LogP contribution >= 0.6 is 0 Å². The molecule has 2 aliphatic rings. The molecule has 1 aromatic carbocycles. The maximum Gasteiger partial charge on any atom is 0.271 e. The zero-order valence-electron chi connectivity index (χ0n) is 22.4. The molecule has 12 nitrogen and oxygen atoms in total. The van der Waals surface area contributed by atoms with Crippen LogP contribution in [0.1, 0.15) is 33.5 Å². The van der Waals surface area contributed by atoms with Gasteiger partial charge in [-0.15, -0.1) is 10.2 Å². The van der Waals surface area contributed by atoms with Gasteiger partial charge in [-0.1, -0.05) is 12.1 Å². The maximum atomic E-state index is 12.2. The first-order valence-corrected chi connectivity index (χ1v) is 11.4. The minimum absolute atomic E-state index is 0.0391. The van der Waals surface area contributed by atoms with Crippen molar-refractivity contribution in [1.82, 2.24) is 20.0 Å². The molecule has 3 aromatic rings. The quantitative estimate of drug-likeness (QED) is 0.404. The third kappa shape index (κ3) is 4.72. The van der Waals surface area contributed by atoms with E-state index in [1.807, 2.05) is 6.07 Å². The predicted octanol–water partition coefficient (Wildman–Crippen LogP) is 2.13. The minimum atomic E-state index is -2.55. The molecule has 1 saturated heterocycles. The number of hydrogen-bond acceptors (Lipinski definition) is 9. The van der Waals surface area contributed by atoms with Gasteiger partial charge >= 0.3 is 0 Å². The van der Waals surface area contributed by atoms with Gasteiger partial charge in [-0.2, -0.15) is 5.10 Å². The average Bonchev–Trinajstić information content (AvgIpc) is 3.46. The van der Waals surface area contributed by atoms with E-state index in [-0.39, 0.29) is 42.2 Å². The largest absolute Gasteiger partial charge is 0.494 e. The van der Waals surface area contributed by atoms with Crippen LogP contribution in [-0.4, -0.2) is 65.3 Å². The maximum absolute atomic E-state index is 12.2. The molecular formula is C24H27N7O5. The Hall–Kier alpha value is -4.03. The molecule has 5 rings (SSSR count). The number of hydrogen-bond donors (Lipinski definition) is 3. The zero-order chi connectivity index (χ0) is 27.7. The van der Waals surface area contributed by atoms with E-state index >= 15 is 0 Å². The summed E-state index contributed by atoms with van der Waals surface area (Å²) in [6, 6.07) is 6.42. The van der Waals surface area contributed by atoms with Crippen LogP contribution in [0.15, 0.2) is 36.7 Å². The van der Waals surface area contributed by atoms with Crippen LogP contribution in [0.4, 0.5) is 17.2 Å². The molecule has 1 aliphatic heterocycles. The zero-order valence-corrected chi connectivity index (χ0v) is 19.4. The van der Waals surface area contributed by atoms with Gasteiger partial charge in [0.2, 0.25) is 5.91 Å². The fourth-order valence-corrected chi connectivity index (χ4v) is 4.07. The number of nitrogens with one attached hydrogen (secondary N) is 2. The summed E-state index contributed by atoms with van der Waals surface area (Å²) >= 11 is 0. The summed E-state index contributed by atoms with van der Waals surface area (Å²) < 4.78 is 40.2. The van der Waals surface area contributed by atoms with Gasteiger partial charge in [0, 0.05) is 36.3 Å². The summed E-state index contributed by atoms with van der Waals surface area (Å²) in [5.41, 5.74) is 7.50. The molecule has 36 heavy (non-hydrogen) atoms. The third-order valence-electron chi connectivity index (χ3n) is 6.12. The third-order valence-corrected chi connectivity index (χ3v) is 6.12. The van der Waals surface area contributed by atoms with E-state index in [2.05, 4.69) is 25.9 Å². The van der Waals surface area contributed by atoms with Gasteiger partial charge in [0.1, 0.15) is 17.9 Å². The summed E-state index contributed by atoms with van der Waals surface area (Å²) in [6.45, 7) is 0.400. The molecule has 2 atom stereocenters. The van der Waals surface area contributed by atoms with E-state index in [4.69, 9.17) is 24.1 Å². The van der Waals surface area contributed by atoms with Crippen molar-refractivity contribution < 1.29 is 27.9 Å². The molecule has 188 valence electrons. The fraction of sp³-hybridized carbons (Fsp3) is 0.375. The second-order valence-corrected chi connectivity index (χ2v) is 8.60. The lowest BCUT2D eigenvalue weighted by atomic mass is 10.1. The highest BCUT2D eigenvalue weighted by molar-refractivity contribution is 5.99. The number of carbonyl (C=O) groups excluding carboxylic acids is 2. The number of benzene rings is 1. The van der Waals surface area contributed by atoms with Gasteiger partial charge in [0.25, 0.3) is 5.91 Å². The monoisotopic (exact) mass is 496 g/mol. The van der Waals surface area contributed by atoms with Crippen molar-refractivity contribution >= 4 is 29.0 Å². The summed E-state index contributed by atoms with van der Waals surface area (Å²) in [5.74, 6) is -0.371. The molecule has 4 N–H and O–H groups in total. The van der Waals surface area contributed by atoms with E-state index in [0.717, 1.165) is 12.8 Å². The Morgan fingerprint density at radius 2 is 2.11 bits per heavy atom. The Labute approximate surface area is 211 Å². The molecule has 1 aliphatic carbocycles. The Kier molecular flexibility index (Phi) is 5.56. The van der Waals surface area contributed by atoms with E-state index in [9.17, 15) is 9.59 Å². The lowest BCUT2D eigenvalue weighted by Gasteiger charge is -2.17. The first-order valence-electron chi connectivity index (χ1n) is 12.9. The van der Waals surface area contributed by atoms with E-state index in [1.165, 1.54) is 13.2 Å². The second-order valence-electron chi connectivity index (χ2n) is 8.60. The molecule has 3 heterocycles. The number of carbonyl (C=O) groups is 2. The minimum Gasteiger partial charge on any atom is -0.494 e. The molecule has 1 saturated carbocycles. The van der Waals surface area contributed by atoms with Gasteiger partial charge in [-0.25, -0.2) is 0 Å². The van der Waals surface area contributed by atoms with Crippen LogP contribution in [0.5, 0.6) is 5.75 Å². The van der Waals surface area contributed by atoms with Gasteiger partial charge in [0.05, 0.1) is 42.0 Å². The average molecular weight is 497 g/mol. The highest BCUT2D eigenvalue weighted by Gasteiger charge is 2.31. The van der Waals surface area contributed by atoms with Crippen LogP contribution in [0.25, 0.3) is 11.1 Å². The predicted molar refractivity (Wildman–Crippen MR) is 130 cm³/mol. The molecule has 2 aromatic heterocycles. The van der Waals surface area contributed by atoms with Gasteiger partial charge in [-0.3, -0.25) is 14.3 Å². The molecule has 0 unspecified atom stereocenters. The number of methoxy groups -OCH3 is 2. The summed E-state index contributed by atoms with van der Waals surface area (Å²) in [6.07, 6.45) is 4.35. The number of ether oxygens (including phenoxy) is 3. The standard InChI is InChI=1S/C24H27N7O5/c1-34-19-12-36-11-18(19)31-10-14(9-26-31)15-4-3-5-16(22(15)35-2)27-17-8-20(28-24(33)13-6-7-13)29-30-21(17)23(25)32/h3-5,8-10,13,18-19H,6-7,11-12H2,1-2H3,(H2,25,32)(H2,27,28,29,33)/t18-,19+/m1/s1/i1D3. The number of amides is 2.